The van der Waals surface area contributed by atoms with E-state index in [2.05, 4.69) is 21.7 Å². The Hall–Kier alpha value is -3.93. The van der Waals surface area contributed by atoms with Crippen molar-refractivity contribution in [3.05, 3.63) is 82.8 Å². The second-order valence-corrected chi connectivity index (χ2v) is 13.6. The maximum atomic E-state index is 13.5. The second kappa shape index (κ2) is 14.2. The standard InChI is InChI=1S/C30H26ClFN4O6S2/c31-23-9-20(4-5-26(23)41-15-17-2-1-3-19(32)8-17)35-29-18(12-33)13-34-24-11-27(42-16-21(38)14-37)25(10-22(24)29)36-30(39)28-6-7-44(40)43-28/h1-5,8-11,13,21,28,37-38H,6-7,14-16H2,(H,34,35)(H,36,39). The average molecular weight is 657 g/mol. The van der Waals surface area contributed by atoms with Gasteiger partial charge in [-0.25, -0.2) is 8.60 Å². The van der Waals surface area contributed by atoms with Crippen LogP contribution in [0.2, 0.25) is 5.02 Å². The number of aliphatic hydroxyl groups is 2. The molecule has 0 saturated carbocycles. The van der Waals surface area contributed by atoms with Crippen LogP contribution in [-0.4, -0.2) is 55.6 Å². The van der Waals surface area contributed by atoms with Gasteiger partial charge < -0.3 is 30.3 Å². The molecule has 3 aromatic carbocycles. The molecular weight excluding hydrogens is 631 g/mol. The van der Waals surface area contributed by atoms with Crippen LogP contribution < -0.4 is 20.1 Å². The summed E-state index contributed by atoms with van der Waals surface area (Å²) in [6.07, 6.45) is 0.683. The minimum Gasteiger partial charge on any atom is -0.489 e. The molecule has 5 rings (SSSR count). The molecule has 3 unspecified atom stereocenters. The van der Waals surface area contributed by atoms with Crippen molar-refractivity contribution in [3.8, 4) is 17.6 Å². The Morgan fingerprint density at radius 1 is 1.23 bits per heavy atom. The lowest BCUT2D eigenvalue weighted by molar-refractivity contribution is -0.115. The fraction of sp³-hybridized carbons (Fsp3) is 0.233. The summed E-state index contributed by atoms with van der Waals surface area (Å²) >= 11 is 6.49. The summed E-state index contributed by atoms with van der Waals surface area (Å²) in [6, 6.07) is 16.3. The van der Waals surface area contributed by atoms with Gasteiger partial charge in [0.15, 0.2) is 0 Å². The highest BCUT2D eigenvalue weighted by molar-refractivity contribution is 8.70. The van der Waals surface area contributed by atoms with Gasteiger partial charge in [-0.2, -0.15) is 5.26 Å². The van der Waals surface area contributed by atoms with Crippen molar-refractivity contribution >= 4 is 66.1 Å². The summed E-state index contributed by atoms with van der Waals surface area (Å²) in [7, 11) is -0.0643. The molecule has 2 heterocycles. The topological polar surface area (TPSA) is 154 Å². The van der Waals surface area contributed by atoms with Crippen LogP contribution >= 0.6 is 22.4 Å². The zero-order valence-electron chi connectivity index (χ0n) is 23.0. The summed E-state index contributed by atoms with van der Waals surface area (Å²) in [5.74, 6) is 0.241. The van der Waals surface area contributed by atoms with Crippen LogP contribution in [0.4, 0.5) is 21.5 Å². The van der Waals surface area contributed by atoms with Crippen LogP contribution in [0.15, 0.2) is 60.8 Å². The van der Waals surface area contributed by atoms with Gasteiger partial charge in [-0.15, -0.1) is 0 Å². The number of aromatic nitrogens is 1. The van der Waals surface area contributed by atoms with Crippen molar-refractivity contribution in [3.63, 3.8) is 0 Å². The molecule has 1 aliphatic heterocycles. The van der Waals surface area contributed by atoms with Gasteiger partial charge in [0.25, 0.3) is 0 Å². The summed E-state index contributed by atoms with van der Waals surface area (Å²) in [5, 5.41) is 35.2. The van der Waals surface area contributed by atoms with E-state index in [-0.39, 0.29) is 47.0 Å². The van der Waals surface area contributed by atoms with E-state index in [1.54, 1.807) is 42.5 Å². The number of benzene rings is 3. The molecule has 4 aromatic rings. The van der Waals surface area contributed by atoms with E-state index in [0.29, 0.717) is 45.8 Å². The van der Waals surface area contributed by atoms with Crippen molar-refractivity contribution in [2.75, 3.05) is 29.6 Å². The summed E-state index contributed by atoms with van der Waals surface area (Å²) in [4.78, 5) is 17.4. The van der Waals surface area contributed by atoms with Gasteiger partial charge >= 0.3 is 0 Å². The fourth-order valence-corrected chi connectivity index (χ4v) is 7.77. The number of hydrogen-bond donors (Lipinski definition) is 4. The van der Waals surface area contributed by atoms with Gasteiger partial charge in [-0.3, -0.25) is 9.78 Å². The Kier molecular flexibility index (Phi) is 10.2. The third kappa shape index (κ3) is 7.58. The predicted molar refractivity (Wildman–Crippen MR) is 168 cm³/mol. The third-order valence-electron chi connectivity index (χ3n) is 6.54. The second-order valence-electron chi connectivity index (χ2n) is 9.73. The number of carbonyl (C=O) groups is 1. The number of rotatable bonds is 11. The number of nitrogens with one attached hydrogen (secondary N) is 2. The molecule has 0 spiro atoms. The highest BCUT2D eigenvalue weighted by atomic mass is 35.5. The number of pyridine rings is 1. The number of amides is 1. The van der Waals surface area contributed by atoms with Gasteiger partial charge in [0.2, 0.25) is 5.91 Å². The minimum atomic E-state index is -1.15. The van der Waals surface area contributed by atoms with Gasteiger partial charge in [0, 0.05) is 29.1 Å². The van der Waals surface area contributed by atoms with E-state index in [0.717, 1.165) is 10.8 Å². The van der Waals surface area contributed by atoms with Crippen molar-refractivity contribution in [2.45, 2.75) is 24.4 Å². The maximum absolute atomic E-state index is 13.5. The van der Waals surface area contributed by atoms with E-state index in [1.165, 1.54) is 18.3 Å². The Balaban J connectivity index is 1.45. The number of carbonyl (C=O) groups excluding carboxylic acids is 1. The van der Waals surface area contributed by atoms with E-state index in [4.69, 9.17) is 21.1 Å². The molecule has 1 saturated heterocycles. The highest BCUT2D eigenvalue weighted by Gasteiger charge is 2.29. The van der Waals surface area contributed by atoms with Crippen molar-refractivity contribution in [1.82, 2.24) is 4.98 Å². The van der Waals surface area contributed by atoms with Crippen LogP contribution in [0.25, 0.3) is 10.9 Å². The number of fused-ring (bicyclic) bond motifs is 1. The van der Waals surface area contributed by atoms with Crippen LogP contribution in [0.5, 0.6) is 11.5 Å². The number of halogens is 2. The number of nitriles is 1. The van der Waals surface area contributed by atoms with Crippen molar-refractivity contribution in [2.24, 2.45) is 0 Å². The maximum Gasteiger partial charge on any atom is 0.238 e. The lowest BCUT2D eigenvalue weighted by Crippen LogP contribution is -2.25. The molecule has 44 heavy (non-hydrogen) atoms. The van der Waals surface area contributed by atoms with Crippen LogP contribution in [0.3, 0.4) is 0 Å². The van der Waals surface area contributed by atoms with Crippen molar-refractivity contribution < 1.29 is 33.1 Å². The summed E-state index contributed by atoms with van der Waals surface area (Å²) in [6.45, 7) is -0.656. The molecule has 228 valence electrons. The molecule has 4 N–H and O–H groups in total. The highest BCUT2D eigenvalue weighted by Crippen LogP contribution is 2.38. The van der Waals surface area contributed by atoms with E-state index >= 15 is 0 Å². The molecule has 0 radical (unpaired) electrons. The number of ether oxygens (including phenoxy) is 2. The molecule has 1 aliphatic rings. The quantitative estimate of drug-likeness (QED) is 0.161. The third-order valence-corrected chi connectivity index (χ3v) is 10.1. The largest absolute Gasteiger partial charge is 0.489 e. The Morgan fingerprint density at radius 2 is 2.07 bits per heavy atom. The molecule has 1 aromatic heterocycles. The smallest absolute Gasteiger partial charge is 0.238 e. The monoisotopic (exact) mass is 656 g/mol. The van der Waals surface area contributed by atoms with Gasteiger partial charge in [0.1, 0.15) is 42.7 Å². The Labute approximate surface area is 263 Å². The number of aliphatic hydroxyl groups excluding tert-OH is 2. The van der Waals surface area contributed by atoms with Crippen LogP contribution in [0, 0.1) is 17.1 Å². The summed E-state index contributed by atoms with van der Waals surface area (Å²) < 4.78 is 36.8. The molecule has 10 nitrogen and oxygen atoms in total. The van der Waals surface area contributed by atoms with E-state index < -0.39 is 27.8 Å². The minimum absolute atomic E-state index is 0.112. The molecule has 0 bridgehead atoms. The van der Waals surface area contributed by atoms with Crippen molar-refractivity contribution in [1.29, 1.82) is 5.26 Å². The normalized spacial score (nSPS) is 16.7. The molecule has 3 atom stereocenters. The fourth-order valence-electron chi connectivity index (χ4n) is 4.34. The number of hydrogen-bond acceptors (Lipinski definition) is 10. The Bertz CT molecular complexity index is 1770. The summed E-state index contributed by atoms with van der Waals surface area (Å²) in [5.41, 5.74) is 2.42. The van der Waals surface area contributed by atoms with Gasteiger partial charge in [-0.05, 0) is 59.2 Å². The first-order valence-corrected chi connectivity index (χ1v) is 16.4. The average Bonchev–Trinajstić information content (AvgIpc) is 3.46. The predicted octanol–water partition coefficient (Wildman–Crippen LogP) is 5.06. The Morgan fingerprint density at radius 3 is 2.77 bits per heavy atom. The zero-order valence-corrected chi connectivity index (χ0v) is 25.3. The first-order chi connectivity index (χ1) is 21.2. The lowest BCUT2D eigenvalue weighted by atomic mass is 10.1. The molecule has 1 fully saturated rings. The van der Waals surface area contributed by atoms with Crippen LogP contribution in [0.1, 0.15) is 17.5 Å². The molecule has 1 amide bonds. The molecule has 0 aliphatic carbocycles. The van der Waals surface area contributed by atoms with E-state index in [9.17, 15) is 28.9 Å². The molecule has 14 heteroatoms. The SMILES string of the molecule is N#Cc1cnc2cc(OCC(O)CO)c(NC(=O)C3CCS(=O)S3)cc2c1Nc1ccc(OCc2cccc(F)c2)c(Cl)c1. The van der Waals surface area contributed by atoms with Gasteiger partial charge in [-0.1, -0.05) is 23.7 Å². The number of anilines is 3. The first kappa shape index (κ1) is 31.5. The van der Waals surface area contributed by atoms with E-state index in [1.807, 2.05) is 0 Å². The zero-order chi connectivity index (χ0) is 31.2. The van der Waals surface area contributed by atoms with Crippen LogP contribution in [-0.2, 0) is 21.2 Å². The molecular formula is C30H26ClFN4O6S2. The lowest BCUT2D eigenvalue weighted by Gasteiger charge is -2.18. The van der Waals surface area contributed by atoms with Gasteiger partial charge in [0.05, 0.1) is 49.2 Å². The number of nitrogens with zero attached hydrogens (tertiary/aromatic N) is 2. The first-order valence-electron chi connectivity index (χ1n) is 13.3.